The molecule has 0 spiro atoms. The first-order valence-electron chi connectivity index (χ1n) is 6.66. The number of rotatable bonds is 4. The second-order valence-electron chi connectivity index (χ2n) is 4.56. The molecule has 118 valence electrons. The molecular formula is C16H13ClFN3O2. The van der Waals surface area contributed by atoms with Crippen LogP contribution in [0.5, 0.6) is 0 Å². The van der Waals surface area contributed by atoms with Crippen LogP contribution in [0.15, 0.2) is 53.6 Å². The van der Waals surface area contributed by atoms with E-state index in [2.05, 4.69) is 15.8 Å². The zero-order valence-electron chi connectivity index (χ0n) is 11.9. The van der Waals surface area contributed by atoms with Crippen LogP contribution in [0.3, 0.4) is 0 Å². The summed E-state index contributed by atoms with van der Waals surface area (Å²) in [6.45, 7) is 0.200. The van der Waals surface area contributed by atoms with Crippen LogP contribution in [0.25, 0.3) is 0 Å². The van der Waals surface area contributed by atoms with Gasteiger partial charge >= 0.3 is 11.8 Å². The molecule has 7 heteroatoms. The van der Waals surface area contributed by atoms with E-state index in [9.17, 15) is 14.0 Å². The topological polar surface area (TPSA) is 70.6 Å². The van der Waals surface area contributed by atoms with E-state index in [1.165, 1.54) is 30.5 Å². The molecule has 0 saturated carbocycles. The first-order chi connectivity index (χ1) is 11.0. The van der Waals surface area contributed by atoms with Crippen LogP contribution < -0.4 is 10.7 Å². The monoisotopic (exact) mass is 333 g/mol. The molecule has 0 unspecified atom stereocenters. The van der Waals surface area contributed by atoms with E-state index in [-0.39, 0.29) is 12.4 Å². The number of nitrogens with zero attached hydrogens (tertiary/aromatic N) is 1. The molecule has 0 atom stereocenters. The fraction of sp³-hybridized carbons (Fsp3) is 0.0625. The Bertz CT molecular complexity index is 715. The number of benzene rings is 2. The Balaban J connectivity index is 1.79. The first kappa shape index (κ1) is 16.6. The standard InChI is InChI=1S/C16H13ClFN3O2/c17-13-5-1-11(2-6-13)9-19-15(22)16(23)21-20-10-12-3-7-14(18)8-4-12/h1-8,10H,9H2,(H,19,22)(H,21,23). The molecule has 0 aliphatic heterocycles. The van der Waals surface area contributed by atoms with Crippen molar-refractivity contribution in [2.24, 2.45) is 5.10 Å². The molecule has 0 radical (unpaired) electrons. The fourth-order valence-electron chi connectivity index (χ4n) is 1.63. The molecule has 0 bridgehead atoms. The maximum Gasteiger partial charge on any atom is 0.329 e. The minimum Gasteiger partial charge on any atom is -0.344 e. The van der Waals surface area contributed by atoms with Crippen LogP contribution in [0.4, 0.5) is 4.39 Å². The average molecular weight is 334 g/mol. The lowest BCUT2D eigenvalue weighted by atomic mass is 10.2. The van der Waals surface area contributed by atoms with Crippen LogP contribution in [0.2, 0.25) is 5.02 Å². The van der Waals surface area contributed by atoms with E-state index in [0.717, 1.165) is 5.56 Å². The Labute approximate surface area is 137 Å². The lowest BCUT2D eigenvalue weighted by Crippen LogP contribution is -2.37. The third-order valence-corrected chi connectivity index (χ3v) is 3.07. The highest BCUT2D eigenvalue weighted by molar-refractivity contribution is 6.35. The van der Waals surface area contributed by atoms with Crippen LogP contribution in [-0.2, 0) is 16.1 Å². The lowest BCUT2D eigenvalue weighted by molar-refractivity contribution is -0.139. The van der Waals surface area contributed by atoms with E-state index in [0.29, 0.717) is 10.6 Å². The molecule has 2 aromatic rings. The molecule has 0 fully saturated rings. The number of hydrogen-bond acceptors (Lipinski definition) is 3. The van der Waals surface area contributed by atoms with Crippen LogP contribution in [0, 0.1) is 5.82 Å². The Hall–Kier alpha value is -2.73. The van der Waals surface area contributed by atoms with Crippen molar-refractivity contribution in [3.63, 3.8) is 0 Å². The first-order valence-corrected chi connectivity index (χ1v) is 7.03. The Morgan fingerprint density at radius 2 is 1.70 bits per heavy atom. The molecule has 2 N–H and O–H groups in total. The van der Waals surface area contributed by atoms with Gasteiger partial charge in [-0.25, -0.2) is 9.82 Å². The molecule has 0 heterocycles. The zero-order valence-corrected chi connectivity index (χ0v) is 12.7. The molecule has 2 amide bonds. The number of nitrogens with one attached hydrogen (secondary N) is 2. The predicted octanol–water partition coefficient (Wildman–Crippen LogP) is 2.25. The van der Waals surface area contributed by atoms with Crippen molar-refractivity contribution in [1.29, 1.82) is 0 Å². The summed E-state index contributed by atoms with van der Waals surface area (Å²) in [5, 5.41) is 6.68. The minimum atomic E-state index is -0.891. The van der Waals surface area contributed by atoms with E-state index in [1.54, 1.807) is 24.3 Å². The summed E-state index contributed by atoms with van der Waals surface area (Å²) in [7, 11) is 0. The van der Waals surface area contributed by atoms with Crippen LogP contribution in [0.1, 0.15) is 11.1 Å². The molecule has 0 aliphatic carbocycles. The van der Waals surface area contributed by atoms with Gasteiger partial charge in [0.2, 0.25) is 0 Å². The third-order valence-electron chi connectivity index (χ3n) is 2.82. The molecule has 2 aromatic carbocycles. The summed E-state index contributed by atoms with van der Waals surface area (Å²) in [6, 6.07) is 12.4. The lowest BCUT2D eigenvalue weighted by Gasteiger charge is -2.04. The van der Waals surface area contributed by atoms with Crippen molar-refractivity contribution in [3.8, 4) is 0 Å². The Kier molecular flexibility index (Phi) is 5.82. The number of carbonyl (C=O) groups is 2. The van der Waals surface area contributed by atoms with Crippen molar-refractivity contribution in [2.45, 2.75) is 6.54 Å². The molecule has 0 saturated heterocycles. The normalized spacial score (nSPS) is 10.5. The van der Waals surface area contributed by atoms with Crippen molar-refractivity contribution in [1.82, 2.24) is 10.7 Å². The van der Waals surface area contributed by atoms with Gasteiger partial charge in [-0.15, -0.1) is 0 Å². The van der Waals surface area contributed by atoms with E-state index < -0.39 is 11.8 Å². The minimum absolute atomic E-state index is 0.200. The molecule has 0 aromatic heterocycles. The summed E-state index contributed by atoms with van der Waals surface area (Å²) < 4.78 is 12.7. The van der Waals surface area contributed by atoms with Gasteiger partial charge in [0, 0.05) is 11.6 Å². The Morgan fingerprint density at radius 3 is 2.35 bits per heavy atom. The van der Waals surface area contributed by atoms with Gasteiger partial charge in [0.25, 0.3) is 0 Å². The van der Waals surface area contributed by atoms with Gasteiger partial charge in [-0.1, -0.05) is 35.9 Å². The number of hydrogen-bond donors (Lipinski definition) is 2. The summed E-state index contributed by atoms with van der Waals surface area (Å²) in [6.07, 6.45) is 1.31. The summed E-state index contributed by atoms with van der Waals surface area (Å²) in [4.78, 5) is 23.1. The van der Waals surface area contributed by atoms with E-state index >= 15 is 0 Å². The predicted molar refractivity (Wildman–Crippen MR) is 85.4 cm³/mol. The molecular weight excluding hydrogens is 321 g/mol. The van der Waals surface area contributed by atoms with Gasteiger partial charge < -0.3 is 5.32 Å². The molecule has 2 rings (SSSR count). The largest absolute Gasteiger partial charge is 0.344 e. The van der Waals surface area contributed by atoms with Crippen LogP contribution in [-0.4, -0.2) is 18.0 Å². The van der Waals surface area contributed by atoms with Crippen molar-refractivity contribution >= 4 is 29.6 Å². The Morgan fingerprint density at radius 1 is 1.04 bits per heavy atom. The van der Waals surface area contributed by atoms with Crippen molar-refractivity contribution < 1.29 is 14.0 Å². The second kappa shape index (κ2) is 8.05. The maximum atomic E-state index is 12.7. The van der Waals surface area contributed by atoms with E-state index in [4.69, 9.17) is 11.6 Å². The smallest absolute Gasteiger partial charge is 0.329 e. The second-order valence-corrected chi connectivity index (χ2v) is 5.00. The number of hydrazone groups is 1. The number of carbonyl (C=O) groups excluding carboxylic acids is 2. The van der Waals surface area contributed by atoms with Gasteiger partial charge in [0.05, 0.1) is 6.21 Å². The maximum absolute atomic E-state index is 12.7. The molecule has 23 heavy (non-hydrogen) atoms. The zero-order chi connectivity index (χ0) is 16.7. The number of amides is 2. The van der Waals surface area contributed by atoms with Gasteiger partial charge in [-0.05, 0) is 35.4 Å². The van der Waals surface area contributed by atoms with Crippen molar-refractivity contribution in [3.05, 3.63) is 70.5 Å². The third kappa shape index (κ3) is 5.52. The molecule has 0 aliphatic rings. The fourth-order valence-corrected chi connectivity index (χ4v) is 1.76. The average Bonchev–Trinajstić information content (AvgIpc) is 2.55. The summed E-state index contributed by atoms with van der Waals surface area (Å²) in [5.41, 5.74) is 3.50. The highest BCUT2D eigenvalue weighted by Gasteiger charge is 2.11. The highest BCUT2D eigenvalue weighted by atomic mass is 35.5. The number of halogens is 2. The van der Waals surface area contributed by atoms with Crippen molar-refractivity contribution in [2.75, 3.05) is 0 Å². The van der Waals surface area contributed by atoms with Gasteiger partial charge in [0.15, 0.2) is 0 Å². The summed E-state index contributed by atoms with van der Waals surface area (Å²) in [5.74, 6) is -2.07. The summed E-state index contributed by atoms with van der Waals surface area (Å²) >= 11 is 5.75. The highest BCUT2D eigenvalue weighted by Crippen LogP contribution is 2.08. The van der Waals surface area contributed by atoms with Gasteiger partial charge in [-0.3, -0.25) is 9.59 Å². The molecule has 5 nitrogen and oxygen atoms in total. The van der Waals surface area contributed by atoms with Crippen LogP contribution >= 0.6 is 11.6 Å². The van der Waals surface area contributed by atoms with E-state index in [1.807, 2.05) is 0 Å². The van der Waals surface area contributed by atoms with Gasteiger partial charge in [-0.2, -0.15) is 5.10 Å². The quantitative estimate of drug-likeness (QED) is 0.512. The van der Waals surface area contributed by atoms with Gasteiger partial charge in [0.1, 0.15) is 5.82 Å². The SMILES string of the molecule is O=C(NCc1ccc(Cl)cc1)C(=O)NN=Cc1ccc(F)cc1.